The SMILES string of the molecule is CCCOc1cccc(C(=O)NC(Cl)Cc2ccc(S(=O)(=O)NC(=O)NC)cc2)c1. The quantitative estimate of drug-likeness (QED) is 0.399. The molecule has 0 saturated carbocycles. The highest BCUT2D eigenvalue weighted by atomic mass is 35.5. The summed E-state index contributed by atoms with van der Waals surface area (Å²) in [6.07, 6.45) is 1.14. The average Bonchev–Trinajstić information content (AvgIpc) is 2.72. The molecule has 2 rings (SSSR count). The predicted molar refractivity (Wildman–Crippen MR) is 114 cm³/mol. The Bertz CT molecular complexity index is 980. The van der Waals surface area contributed by atoms with E-state index in [1.807, 2.05) is 11.6 Å². The van der Waals surface area contributed by atoms with E-state index in [-0.39, 0.29) is 17.2 Å². The number of carbonyl (C=O) groups is 2. The maximum atomic E-state index is 12.4. The molecule has 0 spiro atoms. The highest BCUT2D eigenvalue weighted by Crippen LogP contribution is 2.16. The largest absolute Gasteiger partial charge is 0.494 e. The second-order valence-corrected chi connectivity index (χ2v) is 8.56. The van der Waals surface area contributed by atoms with Crippen molar-refractivity contribution in [1.29, 1.82) is 0 Å². The van der Waals surface area contributed by atoms with E-state index in [2.05, 4.69) is 10.6 Å². The highest BCUT2D eigenvalue weighted by molar-refractivity contribution is 7.90. The van der Waals surface area contributed by atoms with E-state index in [0.29, 0.717) is 23.5 Å². The number of sulfonamides is 1. The van der Waals surface area contributed by atoms with Crippen LogP contribution in [0.3, 0.4) is 0 Å². The van der Waals surface area contributed by atoms with Crippen LogP contribution in [0.15, 0.2) is 53.4 Å². The Labute approximate surface area is 181 Å². The normalized spacial score (nSPS) is 12.0. The van der Waals surface area contributed by atoms with Crippen molar-refractivity contribution in [3.63, 3.8) is 0 Å². The van der Waals surface area contributed by atoms with Gasteiger partial charge in [-0.3, -0.25) is 4.79 Å². The van der Waals surface area contributed by atoms with Gasteiger partial charge in [-0.1, -0.05) is 36.7 Å². The van der Waals surface area contributed by atoms with E-state index >= 15 is 0 Å². The fraction of sp³-hybridized carbons (Fsp3) is 0.300. The number of ether oxygens (including phenoxy) is 1. The van der Waals surface area contributed by atoms with E-state index in [1.165, 1.54) is 19.2 Å². The number of benzene rings is 2. The summed E-state index contributed by atoms with van der Waals surface area (Å²) in [7, 11) is -2.64. The number of hydrogen-bond donors (Lipinski definition) is 3. The average molecular weight is 454 g/mol. The molecule has 0 radical (unpaired) electrons. The van der Waals surface area contributed by atoms with Crippen LogP contribution in [-0.4, -0.2) is 39.5 Å². The minimum absolute atomic E-state index is 0.0612. The minimum atomic E-state index is -3.96. The number of hydrogen-bond acceptors (Lipinski definition) is 5. The van der Waals surface area contributed by atoms with Crippen molar-refractivity contribution in [2.24, 2.45) is 0 Å². The molecule has 10 heteroatoms. The second-order valence-electron chi connectivity index (χ2n) is 6.35. The van der Waals surface area contributed by atoms with Crippen LogP contribution in [0.1, 0.15) is 29.3 Å². The third kappa shape index (κ3) is 6.93. The Balaban J connectivity index is 1.97. The molecule has 30 heavy (non-hydrogen) atoms. The minimum Gasteiger partial charge on any atom is -0.494 e. The Hall–Kier alpha value is -2.78. The molecule has 0 heterocycles. The zero-order valence-electron chi connectivity index (χ0n) is 16.6. The Kier molecular flexibility index (Phi) is 8.49. The topological polar surface area (TPSA) is 114 Å². The van der Waals surface area contributed by atoms with Crippen molar-refractivity contribution in [2.75, 3.05) is 13.7 Å². The molecule has 1 unspecified atom stereocenters. The van der Waals surface area contributed by atoms with Crippen LogP contribution in [0.2, 0.25) is 0 Å². The first-order valence-electron chi connectivity index (χ1n) is 9.26. The molecule has 0 aliphatic carbocycles. The summed E-state index contributed by atoms with van der Waals surface area (Å²) in [5, 5.41) is 4.87. The smallest absolute Gasteiger partial charge is 0.328 e. The summed E-state index contributed by atoms with van der Waals surface area (Å²) in [5.74, 6) is 0.267. The van der Waals surface area contributed by atoms with E-state index < -0.39 is 21.6 Å². The van der Waals surface area contributed by atoms with Crippen molar-refractivity contribution in [3.8, 4) is 5.75 Å². The van der Waals surface area contributed by atoms with Gasteiger partial charge in [0, 0.05) is 19.0 Å². The summed E-state index contributed by atoms with van der Waals surface area (Å²) >= 11 is 6.25. The lowest BCUT2D eigenvalue weighted by Crippen LogP contribution is -2.37. The van der Waals surface area contributed by atoms with Crippen LogP contribution in [-0.2, 0) is 16.4 Å². The van der Waals surface area contributed by atoms with E-state index in [9.17, 15) is 18.0 Å². The zero-order chi connectivity index (χ0) is 22.1. The Morgan fingerprint density at radius 2 is 1.83 bits per heavy atom. The predicted octanol–water partition coefficient (Wildman–Crippen LogP) is 2.63. The molecule has 1 atom stereocenters. The van der Waals surface area contributed by atoms with Gasteiger partial charge >= 0.3 is 6.03 Å². The number of carbonyl (C=O) groups excluding carboxylic acids is 2. The van der Waals surface area contributed by atoms with Gasteiger partial charge in [0.25, 0.3) is 15.9 Å². The van der Waals surface area contributed by atoms with Crippen LogP contribution < -0.4 is 20.1 Å². The summed E-state index contributed by atoms with van der Waals surface area (Å²) in [6, 6.07) is 11.9. The maximum Gasteiger partial charge on any atom is 0.328 e. The van der Waals surface area contributed by atoms with Gasteiger partial charge in [0.05, 0.1) is 11.5 Å². The first kappa shape index (κ1) is 23.5. The molecule has 0 aliphatic heterocycles. The van der Waals surface area contributed by atoms with E-state index in [0.717, 1.165) is 6.42 Å². The van der Waals surface area contributed by atoms with Crippen LogP contribution >= 0.6 is 11.6 Å². The highest BCUT2D eigenvalue weighted by Gasteiger charge is 2.17. The Morgan fingerprint density at radius 1 is 1.13 bits per heavy atom. The monoisotopic (exact) mass is 453 g/mol. The fourth-order valence-corrected chi connectivity index (χ4v) is 3.70. The number of nitrogens with one attached hydrogen (secondary N) is 3. The van der Waals surface area contributed by atoms with Crippen LogP contribution in [0.4, 0.5) is 4.79 Å². The molecular weight excluding hydrogens is 430 g/mol. The second kappa shape index (κ2) is 10.8. The Morgan fingerprint density at radius 3 is 2.47 bits per heavy atom. The third-order valence-corrected chi connectivity index (χ3v) is 5.57. The van der Waals surface area contributed by atoms with Gasteiger partial charge in [0.1, 0.15) is 11.3 Å². The number of rotatable bonds is 9. The number of amides is 3. The number of alkyl halides is 1. The fourth-order valence-electron chi connectivity index (χ4n) is 2.47. The third-order valence-electron chi connectivity index (χ3n) is 3.96. The van der Waals surface area contributed by atoms with Crippen molar-refractivity contribution >= 4 is 33.6 Å². The van der Waals surface area contributed by atoms with Gasteiger partial charge < -0.3 is 15.4 Å². The number of halogens is 1. The number of urea groups is 1. The van der Waals surface area contributed by atoms with Crippen molar-refractivity contribution < 1.29 is 22.7 Å². The van der Waals surface area contributed by atoms with Gasteiger partial charge in [-0.05, 0) is 42.3 Å². The van der Waals surface area contributed by atoms with E-state index in [4.69, 9.17) is 16.3 Å². The molecule has 2 aromatic carbocycles. The molecule has 162 valence electrons. The molecule has 0 saturated heterocycles. The first-order chi connectivity index (χ1) is 14.2. The van der Waals surface area contributed by atoms with Crippen molar-refractivity contribution in [2.45, 2.75) is 30.2 Å². The summed E-state index contributed by atoms with van der Waals surface area (Å²) < 4.78 is 31.5. The van der Waals surface area contributed by atoms with Crippen LogP contribution in [0, 0.1) is 0 Å². The summed E-state index contributed by atoms with van der Waals surface area (Å²) in [5.41, 5.74) is 0.439. The van der Waals surface area contributed by atoms with Gasteiger partial charge in [0.2, 0.25) is 0 Å². The van der Waals surface area contributed by atoms with E-state index in [1.54, 1.807) is 36.4 Å². The molecule has 3 N–H and O–H groups in total. The molecular formula is C20H24ClN3O5S. The summed E-state index contributed by atoms with van der Waals surface area (Å²) in [6.45, 7) is 2.56. The molecule has 0 aromatic heterocycles. The van der Waals surface area contributed by atoms with Gasteiger partial charge in [-0.2, -0.15) is 0 Å². The molecule has 2 aromatic rings. The summed E-state index contributed by atoms with van der Waals surface area (Å²) in [4.78, 5) is 23.6. The molecule has 3 amide bonds. The lowest BCUT2D eigenvalue weighted by Gasteiger charge is -2.13. The van der Waals surface area contributed by atoms with Crippen LogP contribution in [0.25, 0.3) is 0 Å². The van der Waals surface area contributed by atoms with Gasteiger partial charge in [-0.15, -0.1) is 0 Å². The first-order valence-corrected chi connectivity index (χ1v) is 11.2. The molecule has 0 aliphatic rings. The van der Waals surface area contributed by atoms with Crippen LogP contribution in [0.5, 0.6) is 5.75 Å². The standard InChI is InChI=1S/C20H24ClN3O5S/c1-3-11-29-16-6-4-5-15(13-16)19(25)23-18(21)12-14-7-9-17(10-8-14)30(27,28)24-20(26)22-2/h4-10,13,18H,3,11-12H2,1-2H3,(H,23,25)(H2,22,24,26). The lowest BCUT2D eigenvalue weighted by molar-refractivity contribution is 0.0948. The van der Waals surface area contributed by atoms with Gasteiger partial charge in [0.15, 0.2) is 0 Å². The maximum absolute atomic E-state index is 12.4. The molecule has 0 bridgehead atoms. The van der Waals surface area contributed by atoms with Gasteiger partial charge in [-0.25, -0.2) is 17.9 Å². The molecule has 0 fully saturated rings. The lowest BCUT2D eigenvalue weighted by atomic mass is 10.1. The van der Waals surface area contributed by atoms with Crippen molar-refractivity contribution in [3.05, 3.63) is 59.7 Å². The molecule has 8 nitrogen and oxygen atoms in total. The zero-order valence-corrected chi connectivity index (χ0v) is 18.2. The van der Waals surface area contributed by atoms with Crippen molar-refractivity contribution in [1.82, 2.24) is 15.4 Å².